The number of halogens is 1. The lowest BCUT2D eigenvalue weighted by molar-refractivity contribution is 0.373. The van der Waals surface area contributed by atoms with E-state index in [2.05, 4.69) is 30.0 Å². The van der Waals surface area contributed by atoms with Gasteiger partial charge in [-0.15, -0.1) is 10.2 Å². The number of fused-ring (bicyclic) bond motifs is 1. The first-order valence-corrected chi connectivity index (χ1v) is 14.3. The normalized spacial score (nSPS) is 14.9. The zero-order chi connectivity index (χ0) is 27.7. The number of rotatable bonds is 9. The summed E-state index contributed by atoms with van der Waals surface area (Å²) in [6.07, 6.45) is 6.39. The minimum Gasteiger partial charge on any atom is -0.494 e. The molecule has 12 nitrogen and oxygen atoms in total. The number of hydrogen-bond donors (Lipinski definition) is 1. The summed E-state index contributed by atoms with van der Waals surface area (Å²) in [6.45, 7) is 3.30. The fraction of sp³-hybridized carbons (Fsp3) is 0.400. The van der Waals surface area contributed by atoms with Gasteiger partial charge in [-0.25, -0.2) is 18.4 Å². The van der Waals surface area contributed by atoms with Crippen molar-refractivity contribution in [2.45, 2.75) is 50.7 Å². The predicted octanol–water partition coefficient (Wildman–Crippen LogP) is 4.20. The number of para-hydroxylation sites is 1. The van der Waals surface area contributed by atoms with Gasteiger partial charge in [-0.3, -0.25) is 9.29 Å². The van der Waals surface area contributed by atoms with E-state index >= 15 is 0 Å². The van der Waals surface area contributed by atoms with Crippen molar-refractivity contribution in [3.63, 3.8) is 0 Å². The molecule has 3 heterocycles. The van der Waals surface area contributed by atoms with Gasteiger partial charge in [0.25, 0.3) is 0 Å². The molecule has 4 aromatic rings. The van der Waals surface area contributed by atoms with Crippen molar-refractivity contribution in [2.75, 3.05) is 18.9 Å². The molecular formula is C25H28ClN7O5S. The van der Waals surface area contributed by atoms with Crippen molar-refractivity contribution in [2.24, 2.45) is 0 Å². The van der Waals surface area contributed by atoms with Gasteiger partial charge < -0.3 is 14.0 Å². The lowest BCUT2D eigenvalue weighted by Gasteiger charge is -2.21. The molecule has 1 aliphatic carbocycles. The Labute approximate surface area is 230 Å². The first-order chi connectivity index (χ1) is 18.7. The van der Waals surface area contributed by atoms with E-state index in [4.69, 9.17) is 25.6 Å². The third kappa shape index (κ3) is 5.03. The molecule has 5 rings (SSSR count). The van der Waals surface area contributed by atoms with E-state index in [1.54, 1.807) is 32.0 Å². The van der Waals surface area contributed by atoms with E-state index in [-0.39, 0.29) is 5.95 Å². The third-order valence-electron chi connectivity index (χ3n) is 6.93. The van der Waals surface area contributed by atoms with E-state index in [0.29, 0.717) is 39.6 Å². The van der Waals surface area contributed by atoms with Gasteiger partial charge in [-0.1, -0.05) is 29.7 Å². The van der Waals surface area contributed by atoms with Crippen LogP contribution in [0.15, 0.2) is 35.1 Å². The number of aryl methyl sites for hydroxylation is 1. The Hall–Kier alpha value is -3.71. The van der Waals surface area contributed by atoms with E-state index < -0.39 is 21.2 Å². The topological polar surface area (TPSA) is 147 Å². The molecule has 206 valence electrons. The fourth-order valence-corrected chi connectivity index (χ4v) is 5.91. The molecule has 0 bridgehead atoms. The van der Waals surface area contributed by atoms with Gasteiger partial charge in [0, 0.05) is 30.3 Å². The summed E-state index contributed by atoms with van der Waals surface area (Å²) in [5, 5.41) is 12.3. The van der Waals surface area contributed by atoms with Crippen LogP contribution in [0.3, 0.4) is 0 Å². The Morgan fingerprint density at radius 2 is 1.72 bits per heavy atom. The molecule has 1 aromatic carbocycles. The standard InChI is InChI=1S/C25H28ClN7O5S/c1-14(23-27-12-16(26)13-28-23)15(2)39(34,35)32-25-30-29-24(21-17-8-5-6-9-18(17)38-31-21)33(25)22-19(36-3)10-7-11-20(22)37-4/h7,10-15H,5-6,8-9H2,1-4H3,(H,30,32)/t14-,15-/m0/s1. The predicted molar refractivity (Wildman–Crippen MR) is 144 cm³/mol. The van der Waals surface area contributed by atoms with E-state index in [1.807, 2.05) is 0 Å². The first-order valence-electron chi connectivity index (χ1n) is 12.4. The summed E-state index contributed by atoms with van der Waals surface area (Å²) >= 11 is 5.90. The number of aromatic nitrogens is 6. The second-order valence-electron chi connectivity index (χ2n) is 9.23. The quantitative estimate of drug-likeness (QED) is 0.309. The van der Waals surface area contributed by atoms with Gasteiger partial charge in [0.1, 0.15) is 28.8 Å². The maximum atomic E-state index is 13.6. The van der Waals surface area contributed by atoms with E-state index in [9.17, 15) is 8.42 Å². The zero-order valence-corrected chi connectivity index (χ0v) is 23.5. The minimum atomic E-state index is -4.03. The summed E-state index contributed by atoms with van der Waals surface area (Å²) in [7, 11) is -0.997. The molecule has 0 amide bonds. The molecule has 0 saturated carbocycles. The number of sulfonamides is 1. The average molecular weight is 574 g/mol. The molecule has 0 saturated heterocycles. The Morgan fingerprint density at radius 3 is 2.38 bits per heavy atom. The molecule has 1 aliphatic rings. The lowest BCUT2D eigenvalue weighted by Crippen LogP contribution is -2.31. The lowest BCUT2D eigenvalue weighted by atomic mass is 9.96. The van der Waals surface area contributed by atoms with Crippen LogP contribution in [0.5, 0.6) is 11.5 Å². The highest BCUT2D eigenvalue weighted by atomic mass is 35.5. The van der Waals surface area contributed by atoms with Crippen LogP contribution in [0.2, 0.25) is 5.02 Å². The smallest absolute Gasteiger partial charge is 0.243 e. The average Bonchev–Trinajstić information content (AvgIpc) is 3.55. The summed E-state index contributed by atoms with van der Waals surface area (Å²) in [4.78, 5) is 8.38. The molecule has 0 aliphatic heterocycles. The number of anilines is 1. The van der Waals surface area contributed by atoms with Gasteiger partial charge in [0.05, 0.1) is 24.5 Å². The number of nitrogens with one attached hydrogen (secondary N) is 1. The third-order valence-corrected chi connectivity index (χ3v) is 8.97. The molecular weight excluding hydrogens is 546 g/mol. The van der Waals surface area contributed by atoms with Gasteiger partial charge in [0.15, 0.2) is 11.5 Å². The maximum absolute atomic E-state index is 13.6. The molecule has 39 heavy (non-hydrogen) atoms. The van der Waals surface area contributed by atoms with Gasteiger partial charge in [0.2, 0.25) is 16.0 Å². The summed E-state index contributed by atoms with van der Waals surface area (Å²) in [5.41, 5.74) is 1.83. The number of nitrogens with zero attached hydrogens (tertiary/aromatic N) is 6. The second kappa shape index (κ2) is 10.8. The molecule has 3 aromatic heterocycles. The van der Waals surface area contributed by atoms with Crippen LogP contribution >= 0.6 is 11.6 Å². The Balaban J connectivity index is 1.62. The SMILES string of the molecule is COc1cccc(OC)c1-n1c(NS(=O)(=O)[C@@H](C)[C@H](C)c2ncc(Cl)cn2)nnc1-c1noc2c1CCCC2. The van der Waals surface area contributed by atoms with Crippen LogP contribution in [0, 0.1) is 0 Å². The summed E-state index contributed by atoms with van der Waals surface area (Å²) in [5.74, 6) is 1.67. The van der Waals surface area contributed by atoms with Crippen molar-refractivity contribution in [1.29, 1.82) is 0 Å². The maximum Gasteiger partial charge on any atom is 0.243 e. The number of benzene rings is 1. The largest absolute Gasteiger partial charge is 0.494 e. The molecule has 0 unspecified atom stereocenters. The Morgan fingerprint density at radius 1 is 1.05 bits per heavy atom. The number of ether oxygens (including phenoxy) is 2. The van der Waals surface area contributed by atoms with E-state index in [1.165, 1.54) is 31.2 Å². The molecule has 0 radical (unpaired) electrons. The molecule has 2 atom stereocenters. The monoisotopic (exact) mass is 573 g/mol. The Kier molecular flexibility index (Phi) is 7.45. The van der Waals surface area contributed by atoms with Crippen LogP contribution in [0.1, 0.15) is 49.8 Å². The fourth-order valence-electron chi connectivity index (χ4n) is 4.58. The van der Waals surface area contributed by atoms with Crippen molar-refractivity contribution in [3.05, 3.63) is 52.8 Å². The summed E-state index contributed by atoms with van der Waals surface area (Å²) < 4.78 is 48.3. The number of hydrogen-bond acceptors (Lipinski definition) is 10. The van der Waals surface area contributed by atoms with Gasteiger partial charge in [-0.2, -0.15) is 0 Å². The molecule has 1 N–H and O–H groups in total. The van der Waals surface area contributed by atoms with Crippen LogP contribution in [-0.4, -0.2) is 57.8 Å². The van der Waals surface area contributed by atoms with Crippen LogP contribution in [0.25, 0.3) is 17.2 Å². The highest BCUT2D eigenvalue weighted by Gasteiger charge is 2.34. The zero-order valence-electron chi connectivity index (χ0n) is 21.9. The van der Waals surface area contributed by atoms with Crippen molar-refractivity contribution in [1.82, 2.24) is 29.9 Å². The summed E-state index contributed by atoms with van der Waals surface area (Å²) in [6, 6.07) is 5.24. The first kappa shape index (κ1) is 26.9. The van der Waals surface area contributed by atoms with Crippen molar-refractivity contribution in [3.8, 4) is 28.7 Å². The molecule has 14 heteroatoms. The van der Waals surface area contributed by atoms with Crippen molar-refractivity contribution < 1.29 is 22.4 Å². The van der Waals surface area contributed by atoms with Crippen LogP contribution in [-0.2, 0) is 22.9 Å². The number of methoxy groups -OCH3 is 2. The molecule has 0 fully saturated rings. The van der Waals surface area contributed by atoms with Gasteiger partial charge >= 0.3 is 0 Å². The highest BCUT2D eigenvalue weighted by molar-refractivity contribution is 7.93. The highest BCUT2D eigenvalue weighted by Crippen LogP contribution is 2.39. The second-order valence-corrected chi connectivity index (χ2v) is 11.7. The van der Waals surface area contributed by atoms with Crippen molar-refractivity contribution >= 4 is 27.6 Å². The minimum absolute atomic E-state index is 0.0589. The molecule has 0 spiro atoms. The van der Waals surface area contributed by atoms with Gasteiger partial charge in [-0.05, 0) is 38.3 Å². The van der Waals surface area contributed by atoms with Crippen LogP contribution in [0.4, 0.5) is 5.95 Å². The Bertz CT molecular complexity index is 1560. The van der Waals surface area contributed by atoms with Crippen LogP contribution < -0.4 is 14.2 Å². The van der Waals surface area contributed by atoms with E-state index in [0.717, 1.165) is 37.0 Å².